The van der Waals surface area contributed by atoms with Gasteiger partial charge in [-0.1, -0.05) is 6.92 Å². The highest BCUT2D eigenvalue weighted by atomic mass is 15.3. The summed E-state index contributed by atoms with van der Waals surface area (Å²) in [6.07, 6.45) is 6.69. The van der Waals surface area contributed by atoms with Crippen LogP contribution in [0, 0.1) is 5.41 Å². The molecule has 0 aromatic carbocycles. The predicted molar refractivity (Wildman–Crippen MR) is 74.4 cm³/mol. The summed E-state index contributed by atoms with van der Waals surface area (Å²) in [5.74, 6) is 0. The average molecular weight is 250 g/mol. The van der Waals surface area contributed by atoms with Crippen LogP contribution in [-0.2, 0) is 13.1 Å². The fourth-order valence-electron chi connectivity index (χ4n) is 2.51. The smallest absolute Gasteiger partial charge is 0.0534 e. The zero-order valence-electron chi connectivity index (χ0n) is 11.9. The predicted octanol–water partition coefficient (Wildman–Crippen LogP) is 1.72. The maximum absolute atomic E-state index is 4.30. The minimum atomic E-state index is 0.466. The molecule has 0 radical (unpaired) electrons. The van der Waals surface area contributed by atoms with Gasteiger partial charge in [0.2, 0.25) is 0 Å². The van der Waals surface area contributed by atoms with E-state index >= 15 is 0 Å². The number of hydrogen-bond donors (Lipinski definition) is 1. The van der Waals surface area contributed by atoms with E-state index in [1.807, 2.05) is 10.9 Å². The van der Waals surface area contributed by atoms with Crippen molar-refractivity contribution in [1.82, 2.24) is 20.0 Å². The van der Waals surface area contributed by atoms with Crippen LogP contribution in [0.4, 0.5) is 0 Å². The van der Waals surface area contributed by atoms with Crippen LogP contribution in [-0.4, -0.2) is 41.4 Å². The minimum Gasteiger partial charge on any atom is -0.312 e. The molecule has 1 saturated heterocycles. The molecule has 1 aliphatic heterocycles. The second-order valence-electron chi connectivity index (χ2n) is 5.92. The summed E-state index contributed by atoms with van der Waals surface area (Å²) in [5.41, 5.74) is 1.75. The summed E-state index contributed by atoms with van der Waals surface area (Å²) in [6.45, 7) is 9.97. The molecule has 102 valence electrons. The van der Waals surface area contributed by atoms with E-state index in [1.54, 1.807) is 0 Å². The normalized spacial score (nSPS) is 20.2. The number of piperidine rings is 1. The van der Waals surface area contributed by atoms with E-state index in [9.17, 15) is 0 Å². The molecule has 4 nitrogen and oxygen atoms in total. The van der Waals surface area contributed by atoms with Gasteiger partial charge in [0.1, 0.15) is 0 Å². The first-order chi connectivity index (χ1) is 8.61. The van der Waals surface area contributed by atoms with Crippen molar-refractivity contribution in [3.63, 3.8) is 0 Å². The van der Waals surface area contributed by atoms with Crippen LogP contribution >= 0.6 is 0 Å². The quantitative estimate of drug-likeness (QED) is 0.864. The highest BCUT2D eigenvalue weighted by molar-refractivity contribution is 5.03. The molecule has 0 atom stereocenters. The van der Waals surface area contributed by atoms with E-state index in [-0.39, 0.29) is 0 Å². The summed E-state index contributed by atoms with van der Waals surface area (Å²) in [5, 5.41) is 7.89. The van der Waals surface area contributed by atoms with Gasteiger partial charge in [-0.2, -0.15) is 5.10 Å². The number of aryl methyl sites for hydroxylation is 1. The lowest BCUT2D eigenvalue weighted by molar-refractivity contribution is 0.137. The molecule has 1 N–H and O–H groups in total. The summed E-state index contributed by atoms with van der Waals surface area (Å²) in [7, 11) is 2.21. The van der Waals surface area contributed by atoms with Crippen molar-refractivity contribution >= 4 is 0 Å². The molecule has 0 aliphatic carbocycles. The van der Waals surface area contributed by atoms with Gasteiger partial charge in [-0.15, -0.1) is 0 Å². The molecule has 1 aliphatic rings. The Morgan fingerprint density at radius 3 is 2.72 bits per heavy atom. The molecular formula is C14H26N4. The van der Waals surface area contributed by atoms with Crippen molar-refractivity contribution in [2.24, 2.45) is 5.41 Å². The third-order valence-electron chi connectivity index (χ3n) is 4.09. The molecule has 0 unspecified atom stereocenters. The number of nitrogens with zero attached hydrogens (tertiary/aromatic N) is 3. The van der Waals surface area contributed by atoms with Crippen molar-refractivity contribution < 1.29 is 0 Å². The highest BCUT2D eigenvalue weighted by Crippen LogP contribution is 2.29. The Bertz CT molecular complexity index is 364. The summed E-state index contributed by atoms with van der Waals surface area (Å²) in [4.78, 5) is 2.42. The van der Waals surface area contributed by atoms with E-state index < -0.39 is 0 Å². The third kappa shape index (κ3) is 3.56. The van der Waals surface area contributed by atoms with Crippen LogP contribution in [0.3, 0.4) is 0 Å². The molecule has 1 aromatic heterocycles. The maximum Gasteiger partial charge on any atom is 0.0534 e. The van der Waals surface area contributed by atoms with Crippen LogP contribution in [0.15, 0.2) is 12.4 Å². The Morgan fingerprint density at radius 1 is 1.39 bits per heavy atom. The van der Waals surface area contributed by atoms with Gasteiger partial charge < -0.3 is 10.2 Å². The van der Waals surface area contributed by atoms with E-state index in [0.29, 0.717) is 5.41 Å². The number of nitrogens with one attached hydrogen (secondary N) is 1. The highest BCUT2D eigenvalue weighted by Gasteiger charge is 2.28. The topological polar surface area (TPSA) is 33.1 Å². The summed E-state index contributed by atoms with van der Waals surface area (Å²) < 4.78 is 1.98. The Balaban J connectivity index is 1.74. The number of rotatable bonds is 5. The Labute approximate surface area is 110 Å². The lowest BCUT2D eigenvalue weighted by Crippen LogP contribution is -2.41. The maximum atomic E-state index is 4.30. The monoisotopic (exact) mass is 250 g/mol. The first-order valence-corrected chi connectivity index (χ1v) is 7.02. The van der Waals surface area contributed by atoms with Crippen molar-refractivity contribution in [2.75, 3.05) is 26.7 Å². The van der Waals surface area contributed by atoms with Gasteiger partial charge >= 0.3 is 0 Å². The van der Waals surface area contributed by atoms with E-state index in [1.165, 1.54) is 31.5 Å². The fraction of sp³-hybridized carbons (Fsp3) is 0.786. The molecule has 1 fully saturated rings. The van der Waals surface area contributed by atoms with Crippen LogP contribution in [0.5, 0.6) is 0 Å². The van der Waals surface area contributed by atoms with Gasteiger partial charge in [0, 0.05) is 31.4 Å². The molecule has 2 heterocycles. The van der Waals surface area contributed by atoms with Crippen molar-refractivity contribution in [1.29, 1.82) is 0 Å². The van der Waals surface area contributed by atoms with Crippen molar-refractivity contribution in [3.05, 3.63) is 18.0 Å². The van der Waals surface area contributed by atoms with Gasteiger partial charge in [-0.25, -0.2) is 0 Å². The Hall–Kier alpha value is -0.870. The zero-order valence-corrected chi connectivity index (χ0v) is 11.9. The van der Waals surface area contributed by atoms with Gasteiger partial charge in [-0.3, -0.25) is 4.68 Å². The molecule has 1 aromatic rings. The number of likely N-dealkylation sites (tertiary alicyclic amines) is 1. The van der Waals surface area contributed by atoms with Gasteiger partial charge in [0.15, 0.2) is 0 Å². The molecule has 0 amide bonds. The largest absolute Gasteiger partial charge is 0.312 e. The van der Waals surface area contributed by atoms with Crippen LogP contribution in [0.1, 0.15) is 32.3 Å². The fourth-order valence-corrected chi connectivity index (χ4v) is 2.51. The zero-order chi connectivity index (χ0) is 13.0. The summed E-state index contributed by atoms with van der Waals surface area (Å²) in [6, 6.07) is 0. The van der Waals surface area contributed by atoms with Gasteiger partial charge in [0.05, 0.1) is 6.20 Å². The van der Waals surface area contributed by atoms with Gasteiger partial charge in [0.25, 0.3) is 0 Å². The lowest BCUT2D eigenvalue weighted by Gasteiger charge is -2.38. The minimum absolute atomic E-state index is 0.466. The number of hydrogen-bond acceptors (Lipinski definition) is 3. The van der Waals surface area contributed by atoms with E-state index in [4.69, 9.17) is 0 Å². The van der Waals surface area contributed by atoms with E-state index in [2.05, 4.69) is 42.4 Å². The van der Waals surface area contributed by atoms with Gasteiger partial charge in [-0.05, 0) is 45.3 Å². The lowest BCUT2D eigenvalue weighted by atomic mass is 9.80. The Kier molecular flexibility index (Phi) is 4.40. The molecular weight excluding hydrogens is 224 g/mol. The van der Waals surface area contributed by atoms with E-state index in [0.717, 1.165) is 19.6 Å². The number of aromatic nitrogens is 2. The molecule has 0 spiro atoms. The van der Waals surface area contributed by atoms with Crippen molar-refractivity contribution in [3.8, 4) is 0 Å². The van der Waals surface area contributed by atoms with Crippen LogP contribution in [0.2, 0.25) is 0 Å². The molecule has 0 bridgehead atoms. The molecule has 0 saturated carbocycles. The Morgan fingerprint density at radius 2 is 2.11 bits per heavy atom. The first kappa shape index (κ1) is 13.6. The van der Waals surface area contributed by atoms with Crippen molar-refractivity contribution in [2.45, 2.75) is 39.8 Å². The average Bonchev–Trinajstić information content (AvgIpc) is 2.81. The molecule has 2 rings (SSSR count). The molecule has 18 heavy (non-hydrogen) atoms. The second-order valence-corrected chi connectivity index (χ2v) is 5.92. The first-order valence-electron chi connectivity index (χ1n) is 7.02. The molecule has 4 heteroatoms. The van der Waals surface area contributed by atoms with Crippen LogP contribution < -0.4 is 5.32 Å². The third-order valence-corrected chi connectivity index (χ3v) is 4.09. The van der Waals surface area contributed by atoms with Crippen LogP contribution in [0.25, 0.3) is 0 Å². The second kappa shape index (κ2) is 5.85. The standard InChI is InChI=1S/C14H26N4/c1-4-18-11-13(10-16-18)9-15-12-14(2)5-7-17(3)8-6-14/h10-11,15H,4-9,12H2,1-3H3. The SMILES string of the molecule is CCn1cc(CNCC2(C)CCN(C)CC2)cn1. The summed E-state index contributed by atoms with van der Waals surface area (Å²) >= 11 is 0.